The van der Waals surface area contributed by atoms with Crippen LogP contribution in [-0.4, -0.2) is 22.6 Å². The van der Waals surface area contributed by atoms with E-state index in [9.17, 15) is 4.79 Å². The van der Waals surface area contributed by atoms with Crippen molar-refractivity contribution in [3.05, 3.63) is 59.4 Å². The quantitative estimate of drug-likeness (QED) is 0.849. The molecule has 2 rings (SSSR count). The predicted octanol–water partition coefficient (Wildman–Crippen LogP) is 2.38. The third-order valence-corrected chi connectivity index (χ3v) is 2.73. The highest BCUT2D eigenvalue weighted by Gasteiger charge is 2.06. The molecule has 106 valence electrons. The lowest BCUT2D eigenvalue weighted by molar-refractivity contribution is 0.102. The topological polar surface area (TPSA) is 62.2 Å². The molecule has 0 saturated heterocycles. The normalized spacial score (nSPS) is 9.62. The minimum Gasteiger partial charge on any atom is -0.395 e. The van der Waals surface area contributed by atoms with Crippen LogP contribution in [0.3, 0.4) is 0 Å². The molecule has 1 aromatic heterocycles. The highest BCUT2D eigenvalue weighted by molar-refractivity contribution is 6.04. The van der Waals surface area contributed by atoms with Crippen LogP contribution in [0, 0.1) is 18.8 Å². The summed E-state index contributed by atoms with van der Waals surface area (Å²) < 4.78 is 0. The fraction of sp³-hybridized carbons (Fsp3) is 0.176. The maximum atomic E-state index is 12.2. The van der Waals surface area contributed by atoms with Crippen molar-refractivity contribution in [2.45, 2.75) is 13.3 Å². The molecule has 1 aromatic carbocycles. The Morgan fingerprint density at radius 3 is 2.95 bits per heavy atom. The molecule has 1 heterocycles. The number of hydrogen-bond acceptors (Lipinski definition) is 3. The van der Waals surface area contributed by atoms with Gasteiger partial charge in [-0.15, -0.1) is 0 Å². The first-order valence-electron chi connectivity index (χ1n) is 6.62. The number of hydrogen-bond donors (Lipinski definition) is 2. The molecule has 0 unspecified atom stereocenters. The summed E-state index contributed by atoms with van der Waals surface area (Å²) in [5.74, 6) is 5.54. The lowest BCUT2D eigenvalue weighted by atomic mass is 10.1. The number of nitrogens with one attached hydrogen (secondary N) is 1. The molecule has 0 spiro atoms. The van der Waals surface area contributed by atoms with Crippen molar-refractivity contribution in [2.75, 3.05) is 11.9 Å². The Hall–Kier alpha value is -2.64. The number of nitrogens with zero attached hydrogens (tertiary/aromatic N) is 1. The number of aliphatic hydroxyl groups is 1. The summed E-state index contributed by atoms with van der Waals surface area (Å²) >= 11 is 0. The van der Waals surface area contributed by atoms with Crippen LogP contribution in [0.15, 0.2) is 42.7 Å². The first kappa shape index (κ1) is 14.8. The van der Waals surface area contributed by atoms with Gasteiger partial charge < -0.3 is 10.4 Å². The molecule has 0 aliphatic heterocycles. The van der Waals surface area contributed by atoms with Gasteiger partial charge in [0.25, 0.3) is 5.91 Å². The zero-order chi connectivity index (χ0) is 15.1. The van der Waals surface area contributed by atoms with Crippen molar-refractivity contribution in [3.8, 4) is 11.8 Å². The SMILES string of the molecule is Cc1cncc(NC(=O)c2cccc(C#CCCO)c2)c1. The molecular weight excluding hydrogens is 264 g/mol. The molecule has 1 amide bonds. The van der Waals surface area contributed by atoms with Gasteiger partial charge in [0, 0.05) is 23.7 Å². The van der Waals surface area contributed by atoms with Crippen LogP contribution in [-0.2, 0) is 0 Å². The van der Waals surface area contributed by atoms with Gasteiger partial charge in [0.15, 0.2) is 0 Å². The van der Waals surface area contributed by atoms with Crippen LogP contribution in [0.4, 0.5) is 5.69 Å². The Morgan fingerprint density at radius 2 is 2.19 bits per heavy atom. The smallest absolute Gasteiger partial charge is 0.255 e. The van der Waals surface area contributed by atoms with E-state index in [1.54, 1.807) is 30.6 Å². The van der Waals surface area contributed by atoms with Gasteiger partial charge in [-0.2, -0.15) is 0 Å². The zero-order valence-corrected chi connectivity index (χ0v) is 11.8. The van der Waals surface area contributed by atoms with E-state index in [0.29, 0.717) is 17.7 Å². The Morgan fingerprint density at radius 1 is 1.33 bits per heavy atom. The molecule has 0 saturated carbocycles. The molecule has 0 aliphatic rings. The molecule has 2 aromatic rings. The van der Waals surface area contributed by atoms with Gasteiger partial charge in [-0.1, -0.05) is 17.9 Å². The lowest BCUT2D eigenvalue weighted by Crippen LogP contribution is -2.12. The minimum absolute atomic E-state index is 0.0353. The van der Waals surface area contributed by atoms with Gasteiger partial charge in [-0.05, 0) is 36.8 Å². The Kier molecular flexibility index (Phi) is 5.08. The third-order valence-electron chi connectivity index (χ3n) is 2.73. The van der Waals surface area contributed by atoms with E-state index in [-0.39, 0.29) is 12.5 Å². The molecular formula is C17H16N2O2. The van der Waals surface area contributed by atoms with Gasteiger partial charge in [0.2, 0.25) is 0 Å². The Bertz CT molecular complexity index is 699. The molecule has 0 aliphatic carbocycles. The van der Waals surface area contributed by atoms with Crippen LogP contribution in [0.2, 0.25) is 0 Å². The van der Waals surface area contributed by atoms with Crippen molar-refractivity contribution in [1.29, 1.82) is 0 Å². The molecule has 0 bridgehead atoms. The molecule has 0 atom stereocenters. The maximum absolute atomic E-state index is 12.2. The van der Waals surface area contributed by atoms with E-state index >= 15 is 0 Å². The molecule has 0 radical (unpaired) electrons. The Balaban J connectivity index is 2.13. The number of pyridine rings is 1. The van der Waals surface area contributed by atoms with Gasteiger partial charge in [-0.25, -0.2) is 0 Å². The number of anilines is 1. The van der Waals surface area contributed by atoms with Crippen molar-refractivity contribution >= 4 is 11.6 Å². The molecule has 0 fully saturated rings. The number of carbonyl (C=O) groups excluding carboxylic acids is 1. The highest BCUT2D eigenvalue weighted by Crippen LogP contribution is 2.11. The van der Waals surface area contributed by atoms with E-state index < -0.39 is 0 Å². The van der Waals surface area contributed by atoms with E-state index in [1.807, 2.05) is 19.1 Å². The van der Waals surface area contributed by atoms with Gasteiger partial charge in [0.1, 0.15) is 0 Å². The summed E-state index contributed by atoms with van der Waals surface area (Å²) in [4.78, 5) is 16.2. The average Bonchev–Trinajstić information content (AvgIpc) is 2.48. The van der Waals surface area contributed by atoms with Crippen LogP contribution in [0.1, 0.15) is 27.9 Å². The Labute approximate surface area is 123 Å². The van der Waals surface area contributed by atoms with E-state index in [2.05, 4.69) is 22.1 Å². The zero-order valence-electron chi connectivity index (χ0n) is 11.8. The maximum Gasteiger partial charge on any atom is 0.255 e. The first-order chi connectivity index (χ1) is 10.2. The van der Waals surface area contributed by atoms with Crippen LogP contribution < -0.4 is 5.32 Å². The molecule has 2 N–H and O–H groups in total. The number of aromatic nitrogens is 1. The number of amides is 1. The summed E-state index contributed by atoms with van der Waals surface area (Å²) in [6.07, 6.45) is 3.76. The number of aliphatic hydroxyl groups excluding tert-OH is 1. The third kappa shape index (κ3) is 4.44. The summed E-state index contributed by atoms with van der Waals surface area (Å²) in [6, 6.07) is 8.93. The van der Waals surface area contributed by atoms with Crippen LogP contribution >= 0.6 is 0 Å². The summed E-state index contributed by atoms with van der Waals surface area (Å²) in [5, 5.41) is 11.5. The van der Waals surface area contributed by atoms with Crippen molar-refractivity contribution in [3.63, 3.8) is 0 Å². The van der Waals surface area contributed by atoms with Crippen LogP contribution in [0.25, 0.3) is 0 Å². The summed E-state index contributed by atoms with van der Waals surface area (Å²) in [7, 11) is 0. The lowest BCUT2D eigenvalue weighted by Gasteiger charge is -2.05. The number of benzene rings is 1. The van der Waals surface area contributed by atoms with E-state index in [0.717, 1.165) is 11.1 Å². The fourth-order valence-corrected chi connectivity index (χ4v) is 1.79. The molecule has 21 heavy (non-hydrogen) atoms. The standard InChI is InChI=1S/C17H16N2O2/c1-13-9-16(12-18-11-13)19-17(21)15-7-4-6-14(10-15)5-2-3-8-20/h4,6-7,9-12,20H,3,8H2,1H3,(H,19,21). The minimum atomic E-state index is -0.201. The fourth-order valence-electron chi connectivity index (χ4n) is 1.79. The van der Waals surface area contributed by atoms with Crippen LogP contribution in [0.5, 0.6) is 0 Å². The second-order valence-corrected chi connectivity index (χ2v) is 4.56. The number of carbonyl (C=O) groups is 1. The predicted molar refractivity (Wildman–Crippen MR) is 82.0 cm³/mol. The summed E-state index contributed by atoms with van der Waals surface area (Å²) in [5.41, 5.74) is 2.93. The largest absolute Gasteiger partial charge is 0.395 e. The molecule has 4 nitrogen and oxygen atoms in total. The van der Waals surface area contributed by atoms with E-state index in [1.165, 1.54) is 0 Å². The van der Waals surface area contributed by atoms with Gasteiger partial charge in [-0.3, -0.25) is 9.78 Å². The molecule has 4 heteroatoms. The average molecular weight is 280 g/mol. The summed E-state index contributed by atoms with van der Waals surface area (Å²) in [6.45, 7) is 1.95. The number of aryl methyl sites for hydroxylation is 1. The van der Waals surface area contributed by atoms with Gasteiger partial charge >= 0.3 is 0 Å². The second-order valence-electron chi connectivity index (χ2n) is 4.56. The van der Waals surface area contributed by atoms with Crippen molar-refractivity contribution < 1.29 is 9.90 Å². The van der Waals surface area contributed by atoms with Crippen molar-refractivity contribution in [1.82, 2.24) is 4.98 Å². The monoisotopic (exact) mass is 280 g/mol. The highest BCUT2D eigenvalue weighted by atomic mass is 16.2. The van der Waals surface area contributed by atoms with Crippen molar-refractivity contribution in [2.24, 2.45) is 0 Å². The number of rotatable bonds is 3. The second kappa shape index (κ2) is 7.22. The first-order valence-corrected chi connectivity index (χ1v) is 6.62. The van der Waals surface area contributed by atoms with Gasteiger partial charge in [0.05, 0.1) is 18.5 Å². The van der Waals surface area contributed by atoms with E-state index in [4.69, 9.17) is 5.11 Å².